The fraction of sp³-hybridized carbons (Fsp3) is 0.222. The molecular formula is C18H17Cl3N2O2. The van der Waals surface area contributed by atoms with E-state index < -0.39 is 0 Å². The van der Waals surface area contributed by atoms with Crippen LogP contribution in [0.2, 0.25) is 15.1 Å². The first-order valence-electron chi connectivity index (χ1n) is 7.61. The normalized spacial score (nSPS) is 10.9. The van der Waals surface area contributed by atoms with Crippen LogP contribution in [0.1, 0.15) is 24.0 Å². The van der Waals surface area contributed by atoms with Gasteiger partial charge in [-0.1, -0.05) is 40.9 Å². The van der Waals surface area contributed by atoms with Gasteiger partial charge in [0.2, 0.25) is 5.91 Å². The number of rotatable bonds is 7. The minimum Gasteiger partial charge on any atom is -0.493 e. The molecule has 0 unspecified atom stereocenters. The fourth-order valence-corrected chi connectivity index (χ4v) is 2.55. The Morgan fingerprint density at radius 2 is 1.96 bits per heavy atom. The zero-order valence-electron chi connectivity index (χ0n) is 13.6. The predicted octanol–water partition coefficient (Wildman–Crippen LogP) is 5.26. The van der Waals surface area contributed by atoms with E-state index in [2.05, 4.69) is 10.5 Å². The number of ether oxygens (including phenoxy) is 1. The maximum atomic E-state index is 11.7. The first-order chi connectivity index (χ1) is 12.0. The number of carbonyl (C=O) groups excluding carboxylic acids is 1. The Kier molecular flexibility index (Phi) is 7.56. The molecule has 1 amide bonds. The van der Waals surface area contributed by atoms with Gasteiger partial charge in [-0.05, 0) is 54.8 Å². The van der Waals surface area contributed by atoms with Gasteiger partial charge in [0.1, 0.15) is 5.75 Å². The van der Waals surface area contributed by atoms with Gasteiger partial charge in [-0.3, -0.25) is 4.79 Å². The highest BCUT2D eigenvalue weighted by molar-refractivity contribution is 6.42. The highest BCUT2D eigenvalue weighted by atomic mass is 35.5. The molecular weight excluding hydrogens is 383 g/mol. The molecule has 0 saturated heterocycles. The number of nitrogens with zero attached hydrogens (tertiary/aromatic N) is 1. The van der Waals surface area contributed by atoms with E-state index in [1.165, 1.54) is 6.21 Å². The van der Waals surface area contributed by atoms with E-state index in [4.69, 9.17) is 39.5 Å². The highest BCUT2D eigenvalue weighted by Gasteiger charge is 2.03. The van der Waals surface area contributed by atoms with Crippen LogP contribution in [0, 0.1) is 6.92 Å². The zero-order valence-corrected chi connectivity index (χ0v) is 15.8. The second-order valence-electron chi connectivity index (χ2n) is 5.33. The molecule has 0 spiro atoms. The summed E-state index contributed by atoms with van der Waals surface area (Å²) in [5, 5.41) is 5.47. The lowest BCUT2D eigenvalue weighted by molar-refractivity contribution is -0.121. The van der Waals surface area contributed by atoms with Gasteiger partial charge in [0, 0.05) is 11.4 Å². The third-order valence-electron chi connectivity index (χ3n) is 3.29. The van der Waals surface area contributed by atoms with Crippen molar-refractivity contribution in [2.24, 2.45) is 5.10 Å². The topological polar surface area (TPSA) is 50.7 Å². The lowest BCUT2D eigenvalue weighted by Crippen LogP contribution is -2.18. The van der Waals surface area contributed by atoms with Gasteiger partial charge < -0.3 is 4.74 Å². The molecule has 0 aliphatic carbocycles. The summed E-state index contributed by atoms with van der Waals surface area (Å²) in [6, 6.07) is 10.5. The summed E-state index contributed by atoms with van der Waals surface area (Å²) >= 11 is 17.6. The van der Waals surface area contributed by atoms with Crippen molar-refractivity contribution in [1.82, 2.24) is 5.43 Å². The summed E-state index contributed by atoms with van der Waals surface area (Å²) in [5.74, 6) is 0.579. The highest BCUT2D eigenvalue weighted by Crippen LogP contribution is 2.22. The van der Waals surface area contributed by atoms with Gasteiger partial charge in [0.05, 0.1) is 22.9 Å². The van der Waals surface area contributed by atoms with E-state index in [9.17, 15) is 4.79 Å². The third-order valence-corrected chi connectivity index (χ3v) is 4.26. The van der Waals surface area contributed by atoms with Gasteiger partial charge in [-0.25, -0.2) is 5.43 Å². The molecule has 0 aliphatic heterocycles. The largest absolute Gasteiger partial charge is 0.493 e. The van der Waals surface area contributed by atoms with Gasteiger partial charge in [0.25, 0.3) is 0 Å². The van der Waals surface area contributed by atoms with Gasteiger partial charge >= 0.3 is 0 Å². The second-order valence-corrected chi connectivity index (χ2v) is 6.58. The van der Waals surface area contributed by atoms with Crippen molar-refractivity contribution in [3.63, 3.8) is 0 Å². The van der Waals surface area contributed by atoms with E-state index >= 15 is 0 Å². The van der Waals surface area contributed by atoms with Gasteiger partial charge in [-0.2, -0.15) is 5.10 Å². The van der Waals surface area contributed by atoms with Crippen molar-refractivity contribution in [2.45, 2.75) is 19.8 Å². The van der Waals surface area contributed by atoms with Crippen molar-refractivity contribution >= 4 is 46.9 Å². The standard InChI is InChI=1S/C18H17Cl3N2O2/c1-12-9-14(19)5-7-17(12)25-8-2-3-18(24)23-22-11-13-4-6-15(20)16(21)10-13/h4-7,9-11H,2-3,8H2,1H3,(H,23,24). The Hall–Kier alpha value is -1.75. The Balaban J connectivity index is 1.70. The number of benzene rings is 2. The molecule has 0 radical (unpaired) electrons. The van der Waals surface area contributed by atoms with Crippen LogP contribution in [-0.4, -0.2) is 18.7 Å². The quantitative estimate of drug-likeness (QED) is 0.392. The molecule has 0 bridgehead atoms. The van der Waals surface area contributed by atoms with E-state index in [0.717, 1.165) is 16.9 Å². The monoisotopic (exact) mass is 398 g/mol. The number of hydrogen-bond donors (Lipinski definition) is 1. The summed E-state index contributed by atoms with van der Waals surface area (Å²) in [5.41, 5.74) is 4.17. The molecule has 0 aromatic heterocycles. The van der Waals surface area contributed by atoms with E-state index in [1.807, 2.05) is 19.1 Å². The number of aryl methyl sites for hydroxylation is 1. The van der Waals surface area contributed by atoms with Crippen LogP contribution in [-0.2, 0) is 4.79 Å². The molecule has 0 saturated carbocycles. The summed E-state index contributed by atoms with van der Waals surface area (Å²) in [6.45, 7) is 2.36. The molecule has 132 valence electrons. The summed E-state index contributed by atoms with van der Waals surface area (Å²) in [6.07, 6.45) is 2.40. The van der Waals surface area contributed by atoms with E-state index in [0.29, 0.717) is 34.5 Å². The van der Waals surface area contributed by atoms with Crippen LogP contribution < -0.4 is 10.2 Å². The van der Waals surface area contributed by atoms with Crippen LogP contribution in [0.25, 0.3) is 0 Å². The molecule has 4 nitrogen and oxygen atoms in total. The lowest BCUT2D eigenvalue weighted by Gasteiger charge is -2.08. The van der Waals surface area contributed by atoms with Crippen LogP contribution in [0.5, 0.6) is 5.75 Å². The first-order valence-corrected chi connectivity index (χ1v) is 8.75. The average Bonchev–Trinajstić information content (AvgIpc) is 2.56. The Morgan fingerprint density at radius 3 is 2.68 bits per heavy atom. The summed E-state index contributed by atoms with van der Waals surface area (Å²) in [4.78, 5) is 11.7. The molecule has 0 atom stereocenters. The van der Waals surface area contributed by atoms with Crippen molar-refractivity contribution in [2.75, 3.05) is 6.61 Å². The molecule has 0 heterocycles. The number of hydrazone groups is 1. The number of halogens is 3. The van der Waals surface area contributed by atoms with Gasteiger partial charge in [-0.15, -0.1) is 0 Å². The Bertz CT molecular complexity index is 779. The van der Waals surface area contributed by atoms with Crippen molar-refractivity contribution in [3.8, 4) is 5.75 Å². The maximum Gasteiger partial charge on any atom is 0.240 e. The molecule has 1 N–H and O–H groups in total. The molecule has 2 aromatic rings. The Morgan fingerprint density at radius 1 is 1.16 bits per heavy atom. The van der Waals surface area contributed by atoms with Crippen molar-refractivity contribution in [1.29, 1.82) is 0 Å². The van der Waals surface area contributed by atoms with Gasteiger partial charge in [0.15, 0.2) is 0 Å². The molecule has 7 heteroatoms. The van der Waals surface area contributed by atoms with Crippen LogP contribution in [0.15, 0.2) is 41.5 Å². The second kappa shape index (κ2) is 9.66. The molecule has 0 fully saturated rings. The van der Waals surface area contributed by atoms with Crippen LogP contribution in [0.4, 0.5) is 0 Å². The summed E-state index contributed by atoms with van der Waals surface area (Å²) in [7, 11) is 0. The first kappa shape index (κ1) is 19.6. The lowest BCUT2D eigenvalue weighted by atomic mass is 10.2. The van der Waals surface area contributed by atoms with E-state index in [-0.39, 0.29) is 5.91 Å². The predicted molar refractivity (Wildman–Crippen MR) is 103 cm³/mol. The van der Waals surface area contributed by atoms with Crippen molar-refractivity contribution in [3.05, 3.63) is 62.6 Å². The molecule has 2 rings (SSSR count). The number of hydrogen-bond acceptors (Lipinski definition) is 3. The number of nitrogens with one attached hydrogen (secondary N) is 1. The molecule has 25 heavy (non-hydrogen) atoms. The summed E-state index contributed by atoms with van der Waals surface area (Å²) < 4.78 is 5.64. The SMILES string of the molecule is Cc1cc(Cl)ccc1OCCCC(=O)NN=Cc1ccc(Cl)c(Cl)c1. The fourth-order valence-electron chi connectivity index (χ4n) is 2.02. The minimum atomic E-state index is -0.187. The van der Waals surface area contributed by atoms with Crippen molar-refractivity contribution < 1.29 is 9.53 Å². The van der Waals surface area contributed by atoms with E-state index in [1.54, 1.807) is 24.3 Å². The Labute approximate surface area is 161 Å². The number of amides is 1. The zero-order chi connectivity index (χ0) is 18.2. The molecule has 0 aliphatic rings. The third kappa shape index (κ3) is 6.58. The maximum absolute atomic E-state index is 11.7. The smallest absolute Gasteiger partial charge is 0.240 e. The van der Waals surface area contributed by atoms with Crippen LogP contribution >= 0.6 is 34.8 Å². The average molecular weight is 400 g/mol. The van der Waals surface area contributed by atoms with Crippen LogP contribution in [0.3, 0.4) is 0 Å². The number of carbonyl (C=O) groups is 1. The minimum absolute atomic E-state index is 0.187. The molecule has 2 aromatic carbocycles.